The second-order valence-corrected chi connectivity index (χ2v) is 11.4. The van der Waals surface area contributed by atoms with Gasteiger partial charge in [0.05, 0.1) is 33.9 Å². The van der Waals surface area contributed by atoms with Gasteiger partial charge in [0.1, 0.15) is 5.58 Å². The number of anilines is 2. The number of hydrogen-bond acceptors (Lipinski definition) is 8. The minimum Gasteiger partial charge on any atom is -0.460 e. The number of benzene rings is 2. The number of rotatable bonds is 6. The molecule has 1 saturated heterocycles. The van der Waals surface area contributed by atoms with E-state index in [2.05, 4.69) is 9.62 Å². The van der Waals surface area contributed by atoms with Crippen molar-refractivity contribution in [3.8, 4) is 0 Å². The highest BCUT2D eigenvalue weighted by Crippen LogP contribution is 2.35. The highest BCUT2D eigenvalue weighted by molar-refractivity contribution is 7.92. The molecule has 1 fully saturated rings. The second-order valence-electron chi connectivity index (χ2n) is 9.67. The predicted octanol–water partition coefficient (Wildman–Crippen LogP) is 3.26. The number of nitrogens with one attached hydrogen (secondary N) is 1. The lowest BCUT2D eigenvalue weighted by Crippen LogP contribution is -2.39. The summed E-state index contributed by atoms with van der Waals surface area (Å²) in [6.45, 7) is 5.01. The first kappa shape index (κ1) is 26.5. The van der Waals surface area contributed by atoms with E-state index < -0.39 is 27.1 Å². The lowest BCUT2D eigenvalue weighted by molar-refractivity contribution is 0.0491. The molecule has 0 atom stereocenters. The zero-order chi connectivity index (χ0) is 28.1. The Hall–Kier alpha value is -4.06. The van der Waals surface area contributed by atoms with Crippen LogP contribution in [-0.4, -0.2) is 43.2 Å². The number of aryl methyl sites for hydroxylation is 3. The van der Waals surface area contributed by atoms with Crippen LogP contribution >= 0.6 is 0 Å². The summed E-state index contributed by atoms with van der Waals surface area (Å²) in [7, 11) is -1.09. The molecule has 206 valence electrons. The average molecular weight is 555 g/mol. The number of furan rings is 1. The summed E-state index contributed by atoms with van der Waals surface area (Å²) >= 11 is 0. The molecule has 0 spiro atoms. The lowest BCUT2D eigenvalue weighted by atomic mass is 10.1. The Morgan fingerprint density at radius 3 is 2.28 bits per heavy atom. The average Bonchev–Trinajstić information content (AvgIpc) is 3.26. The number of carbonyl (C=O) groups is 1. The topological polar surface area (TPSA) is 133 Å². The SMILES string of the molecule is CCOC(=O)c1oc2ccc(S(=O)(=O)Nc3cc4c(cc3N3CCCCC3)n(C)c(=O)c(=O)n4C)cc2c1C. The molecular formula is C27H30N4O7S. The van der Waals surface area contributed by atoms with Crippen molar-refractivity contribution in [2.75, 3.05) is 29.3 Å². The quantitative estimate of drug-likeness (QED) is 0.284. The van der Waals surface area contributed by atoms with Gasteiger partial charge < -0.3 is 23.2 Å². The first-order valence-electron chi connectivity index (χ1n) is 12.7. The van der Waals surface area contributed by atoms with E-state index in [0.29, 0.717) is 38.9 Å². The molecule has 4 aromatic rings. The number of sulfonamides is 1. The van der Waals surface area contributed by atoms with Crippen LogP contribution in [0.2, 0.25) is 0 Å². The van der Waals surface area contributed by atoms with Gasteiger partial charge in [0.2, 0.25) is 5.76 Å². The van der Waals surface area contributed by atoms with Crippen molar-refractivity contribution in [1.82, 2.24) is 9.13 Å². The summed E-state index contributed by atoms with van der Waals surface area (Å²) in [6, 6.07) is 7.72. The fourth-order valence-corrected chi connectivity index (χ4v) is 6.14. The molecule has 0 unspecified atom stereocenters. The van der Waals surface area contributed by atoms with Gasteiger partial charge in [-0.15, -0.1) is 0 Å². The third-order valence-corrected chi connectivity index (χ3v) is 8.59. The number of aromatic nitrogens is 2. The maximum Gasteiger partial charge on any atom is 0.374 e. The highest BCUT2D eigenvalue weighted by Gasteiger charge is 2.25. The molecule has 2 aromatic heterocycles. The standard InChI is InChI=1S/C27H30N4O7S/c1-5-37-27(34)24-16(2)18-13-17(9-10-23(18)38-24)39(35,36)28-19-14-21-22(30(4)26(33)25(32)29(21)3)15-20(19)31-11-7-6-8-12-31/h9-10,13-15,28H,5-8,11-12H2,1-4H3. The first-order chi connectivity index (χ1) is 18.5. The molecule has 0 radical (unpaired) electrons. The number of hydrogen-bond donors (Lipinski definition) is 1. The number of fused-ring (bicyclic) bond motifs is 2. The number of piperidine rings is 1. The van der Waals surface area contributed by atoms with Crippen molar-refractivity contribution in [1.29, 1.82) is 0 Å². The summed E-state index contributed by atoms with van der Waals surface area (Å²) in [4.78, 5) is 39.3. The molecule has 1 aliphatic heterocycles. The molecule has 0 saturated carbocycles. The first-order valence-corrected chi connectivity index (χ1v) is 14.2. The molecule has 1 N–H and O–H groups in total. The van der Waals surface area contributed by atoms with E-state index >= 15 is 0 Å². The summed E-state index contributed by atoms with van der Waals surface area (Å²) in [5.41, 5.74) is 1.35. The third-order valence-electron chi connectivity index (χ3n) is 7.23. The molecule has 39 heavy (non-hydrogen) atoms. The van der Waals surface area contributed by atoms with Crippen molar-refractivity contribution in [3.63, 3.8) is 0 Å². The van der Waals surface area contributed by atoms with Crippen molar-refractivity contribution in [2.45, 2.75) is 38.0 Å². The van der Waals surface area contributed by atoms with Gasteiger partial charge >= 0.3 is 17.1 Å². The van der Waals surface area contributed by atoms with Crippen LogP contribution in [0.15, 0.2) is 49.2 Å². The molecule has 11 nitrogen and oxygen atoms in total. The van der Waals surface area contributed by atoms with E-state index in [0.717, 1.165) is 32.4 Å². The molecule has 5 rings (SSSR count). The molecule has 0 amide bonds. The van der Waals surface area contributed by atoms with Gasteiger partial charge in [0.15, 0.2) is 0 Å². The minimum atomic E-state index is -4.10. The van der Waals surface area contributed by atoms with Gasteiger partial charge in [0.25, 0.3) is 10.0 Å². The summed E-state index contributed by atoms with van der Waals surface area (Å²) < 4.78 is 43.2. The Morgan fingerprint density at radius 2 is 1.64 bits per heavy atom. The second kappa shape index (κ2) is 9.92. The van der Waals surface area contributed by atoms with Gasteiger partial charge in [-0.2, -0.15) is 0 Å². The zero-order valence-corrected chi connectivity index (χ0v) is 23.1. The van der Waals surface area contributed by atoms with Crippen LogP contribution in [0, 0.1) is 6.92 Å². The minimum absolute atomic E-state index is 0.0200. The van der Waals surface area contributed by atoms with Crippen LogP contribution in [0.1, 0.15) is 42.3 Å². The third kappa shape index (κ3) is 4.58. The molecule has 0 aliphatic carbocycles. The Labute approximate surface area is 224 Å². The van der Waals surface area contributed by atoms with Gasteiger partial charge in [0, 0.05) is 38.1 Å². The number of nitrogens with zero attached hydrogens (tertiary/aromatic N) is 3. The molecule has 2 aromatic carbocycles. The van der Waals surface area contributed by atoms with Crippen LogP contribution in [0.4, 0.5) is 11.4 Å². The van der Waals surface area contributed by atoms with Gasteiger partial charge in [-0.3, -0.25) is 14.3 Å². The highest BCUT2D eigenvalue weighted by atomic mass is 32.2. The number of ether oxygens (including phenoxy) is 1. The Bertz CT molecular complexity index is 1840. The molecule has 0 bridgehead atoms. The molecule has 12 heteroatoms. The van der Waals surface area contributed by atoms with Crippen LogP contribution in [0.3, 0.4) is 0 Å². The Morgan fingerprint density at radius 1 is 1.00 bits per heavy atom. The lowest BCUT2D eigenvalue weighted by Gasteiger charge is -2.31. The predicted molar refractivity (Wildman–Crippen MR) is 148 cm³/mol. The van der Waals surface area contributed by atoms with Crippen molar-refractivity contribution in [3.05, 3.63) is 62.4 Å². The molecule has 1 aliphatic rings. The maximum absolute atomic E-state index is 13.7. The Balaban J connectivity index is 1.63. The van der Waals surface area contributed by atoms with E-state index in [1.807, 2.05) is 0 Å². The van der Waals surface area contributed by atoms with E-state index in [9.17, 15) is 22.8 Å². The van der Waals surface area contributed by atoms with Gasteiger partial charge in [-0.05, 0) is 63.4 Å². The van der Waals surface area contributed by atoms with Crippen LogP contribution in [0.25, 0.3) is 22.0 Å². The van der Waals surface area contributed by atoms with E-state index in [-0.39, 0.29) is 17.3 Å². The zero-order valence-electron chi connectivity index (χ0n) is 22.2. The van der Waals surface area contributed by atoms with Gasteiger partial charge in [-0.1, -0.05) is 0 Å². The fourth-order valence-electron chi connectivity index (χ4n) is 5.05. The molecular weight excluding hydrogens is 524 g/mol. The van der Waals surface area contributed by atoms with Crippen LogP contribution < -0.4 is 20.7 Å². The van der Waals surface area contributed by atoms with Crippen LogP contribution in [-0.2, 0) is 28.9 Å². The van der Waals surface area contributed by atoms with E-state index in [4.69, 9.17) is 9.15 Å². The summed E-state index contributed by atoms with van der Waals surface area (Å²) in [5.74, 6) is -0.584. The number of esters is 1. The van der Waals surface area contributed by atoms with E-state index in [1.54, 1.807) is 26.0 Å². The normalized spacial score (nSPS) is 14.2. The number of carbonyl (C=O) groups excluding carboxylic acids is 1. The smallest absolute Gasteiger partial charge is 0.374 e. The largest absolute Gasteiger partial charge is 0.460 e. The van der Waals surface area contributed by atoms with Crippen molar-refractivity contribution < 1.29 is 22.4 Å². The Kier molecular flexibility index (Phi) is 6.75. The molecule has 3 heterocycles. The van der Waals surface area contributed by atoms with Crippen molar-refractivity contribution in [2.24, 2.45) is 14.1 Å². The van der Waals surface area contributed by atoms with Crippen LogP contribution in [0.5, 0.6) is 0 Å². The summed E-state index contributed by atoms with van der Waals surface area (Å²) in [5, 5.41) is 0.480. The fraction of sp³-hybridized carbons (Fsp3) is 0.370. The van der Waals surface area contributed by atoms with Crippen molar-refractivity contribution >= 4 is 49.4 Å². The van der Waals surface area contributed by atoms with E-state index in [1.165, 1.54) is 41.4 Å². The monoisotopic (exact) mass is 554 g/mol. The summed E-state index contributed by atoms with van der Waals surface area (Å²) in [6.07, 6.45) is 2.99. The van der Waals surface area contributed by atoms with Gasteiger partial charge in [-0.25, -0.2) is 13.2 Å². The maximum atomic E-state index is 13.7.